The van der Waals surface area contributed by atoms with Gasteiger partial charge in [0.1, 0.15) is 0 Å². The van der Waals surface area contributed by atoms with Crippen LogP contribution in [0.25, 0.3) is 10.6 Å². The zero-order valence-corrected chi connectivity index (χ0v) is 13.2. The van der Waals surface area contributed by atoms with Gasteiger partial charge in [0.15, 0.2) is 5.69 Å². The van der Waals surface area contributed by atoms with Crippen LogP contribution in [0, 0.1) is 0 Å². The first-order chi connectivity index (χ1) is 10.7. The van der Waals surface area contributed by atoms with E-state index in [4.69, 9.17) is 11.6 Å². The van der Waals surface area contributed by atoms with Gasteiger partial charge in [-0.3, -0.25) is 9.89 Å². The lowest BCUT2D eigenvalue weighted by Crippen LogP contribution is -2.26. The highest BCUT2D eigenvalue weighted by atomic mass is 35.5. The van der Waals surface area contributed by atoms with Crippen molar-refractivity contribution in [1.29, 1.82) is 0 Å². The average molecular weight is 332 g/mol. The number of hydrogen-bond donors (Lipinski definition) is 2. The van der Waals surface area contributed by atoms with Gasteiger partial charge in [-0.15, -0.1) is 11.3 Å². The molecule has 0 aliphatic heterocycles. The molecule has 0 aliphatic carbocycles. The van der Waals surface area contributed by atoms with Crippen molar-refractivity contribution < 1.29 is 4.79 Å². The molecule has 0 bridgehead atoms. The lowest BCUT2D eigenvalue weighted by atomic mass is 10.1. The lowest BCUT2D eigenvalue weighted by Gasteiger charge is -2.03. The Bertz CT molecular complexity index is 767. The summed E-state index contributed by atoms with van der Waals surface area (Å²) in [7, 11) is 0. The van der Waals surface area contributed by atoms with Gasteiger partial charge in [-0.2, -0.15) is 5.10 Å². The van der Waals surface area contributed by atoms with E-state index in [9.17, 15) is 4.79 Å². The van der Waals surface area contributed by atoms with Crippen molar-refractivity contribution in [2.75, 3.05) is 6.54 Å². The van der Waals surface area contributed by atoms with Gasteiger partial charge in [-0.1, -0.05) is 29.8 Å². The summed E-state index contributed by atoms with van der Waals surface area (Å²) in [5, 5.41) is 12.5. The molecule has 2 N–H and O–H groups in total. The smallest absolute Gasteiger partial charge is 0.271 e. The molecule has 4 nitrogen and oxygen atoms in total. The SMILES string of the molecule is O=C(NCCc1cccc(Cl)c1)c1cc(-c2cccs2)[nH]n1. The van der Waals surface area contributed by atoms with E-state index in [0.717, 1.165) is 22.6 Å². The van der Waals surface area contributed by atoms with E-state index >= 15 is 0 Å². The number of nitrogens with zero attached hydrogens (tertiary/aromatic N) is 1. The third kappa shape index (κ3) is 3.55. The molecule has 3 aromatic rings. The van der Waals surface area contributed by atoms with Crippen molar-refractivity contribution >= 4 is 28.8 Å². The molecule has 0 fully saturated rings. The normalized spacial score (nSPS) is 10.6. The molecule has 2 aromatic heterocycles. The molecular weight excluding hydrogens is 318 g/mol. The number of halogens is 1. The molecule has 0 spiro atoms. The molecule has 0 radical (unpaired) electrons. The van der Waals surface area contributed by atoms with Gasteiger partial charge in [-0.05, 0) is 41.6 Å². The van der Waals surface area contributed by atoms with E-state index < -0.39 is 0 Å². The van der Waals surface area contributed by atoms with Crippen molar-refractivity contribution in [3.8, 4) is 10.6 Å². The van der Waals surface area contributed by atoms with E-state index in [1.54, 1.807) is 17.4 Å². The summed E-state index contributed by atoms with van der Waals surface area (Å²) in [6.45, 7) is 0.542. The second-order valence-corrected chi connectivity index (χ2v) is 6.16. The van der Waals surface area contributed by atoms with Gasteiger partial charge in [0.2, 0.25) is 0 Å². The van der Waals surface area contributed by atoms with Gasteiger partial charge in [0.25, 0.3) is 5.91 Å². The third-order valence-corrected chi connectivity index (χ3v) is 4.32. The largest absolute Gasteiger partial charge is 0.350 e. The molecule has 3 rings (SSSR count). The number of carbonyl (C=O) groups excluding carboxylic acids is 1. The van der Waals surface area contributed by atoms with Crippen molar-refractivity contribution in [3.05, 3.63) is 64.1 Å². The highest BCUT2D eigenvalue weighted by molar-refractivity contribution is 7.13. The van der Waals surface area contributed by atoms with Crippen LogP contribution in [0.2, 0.25) is 5.02 Å². The van der Waals surface area contributed by atoms with Crippen molar-refractivity contribution in [1.82, 2.24) is 15.5 Å². The fourth-order valence-electron chi connectivity index (χ4n) is 2.10. The molecule has 0 aliphatic rings. The van der Waals surface area contributed by atoms with Crippen LogP contribution in [0.15, 0.2) is 47.8 Å². The molecule has 0 atom stereocenters. The second kappa shape index (κ2) is 6.77. The molecule has 112 valence electrons. The van der Waals surface area contributed by atoms with Gasteiger partial charge < -0.3 is 5.32 Å². The first-order valence-corrected chi connectivity index (χ1v) is 8.10. The van der Waals surface area contributed by atoms with Crippen LogP contribution in [0.4, 0.5) is 0 Å². The van der Waals surface area contributed by atoms with Crippen molar-refractivity contribution in [3.63, 3.8) is 0 Å². The Labute approximate surface area is 137 Å². The molecule has 0 saturated heterocycles. The summed E-state index contributed by atoms with van der Waals surface area (Å²) in [5.41, 5.74) is 2.35. The van der Waals surface area contributed by atoms with Crippen LogP contribution in [0.1, 0.15) is 16.1 Å². The number of nitrogens with one attached hydrogen (secondary N) is 2. The summed E-state index contributed by atoms with van der Waals surface area (Å²) >= 11 is 7.54. The number of hydrogen-bond acceptors (Lipinski definition) is 3. The van der Waals surface area contributed by atoms with Gasteiger partial charge >= 0.3 is 0 Å². The van der Waals surface area contributed by atoms with E-state index in [0.29, 0.717) is 17.3 Å². The number of thiophene rings is 1. The number of H-pyrrole nitrogens is 1. The zero-order chi connectivity index (χ0) is 15.4. The summed E-state index contributed by atoms with van der Waals surface area (Å²) in [6.07, 6.45) is 0.731. The maximum Gasteiger partial charge on any atom is 0.271 e. The first kappa shape index (κ1) is 14.8. The monoisotopic (exact) mass is 331 g/mol. The summed E-state index contributed by atoms with van der Waals surface area (Å²) in [5.74, 6) is -0.180. The van der Waals surface area contributed by atoms with Crippen LogP contribution in [0.3, 0.4) is 0 Å². The topological polar surface area (TPSA) is 57.8 Å². The molecule has 0 unspecified atom stereocenters. The minimum absolute atomic E-state index is 0.180. The Hall–Kier alpha value is -2.11. The Morgan fingerprint density at radius 1 is 1.27 bits per heavy atom. The summed E-state index contributed by atoms with van der Waals surface area (Å²) in [6, 6.07) is 13.3. The number of rotatable bonds is 5. The van der Waals surface area contributed by atoms with Crippen LogP contribution < -0.4 is 5.32 Å². The van der Waals surface area contributed by atoms with Crippen molar-refractivity contribution in [2.45, 2.75) is 6.42 Å². The molecule has 0 saturated carbocycles. The van der Waals surface area contributed by atoms with Crippen LogP contribution in [-0.4, -0.2) is 22.6 Å². The van der Waals surface area contributed by atoms with Crippen LogP contribution in [-0.2, 0) is 6.42 Å². The highest BCUT2D eigenvalue weighted by Gasteiger charge is 2.11. The Morgan fingerprint density at radius 3 is 2.95 bits per heavy atom. The molecule has 1 amide bonds. The average Bonchev–Trinajstić information content (AvgIpc) is 3.18. The molecule has 22 heavy (non-hydrogen) atoms. The maximum atomic E-state index is 12.1. The van der Waals surface area contributed by atoms with Gasteiger partial charge in [-0.25, -0.2) is 0 Å². The quantitative estimate of drug-likeness (QED) is 0.747. The minimum atomic E-state index is -0.180. The minimum Gasteiger partial charge on any atom is -0.350 e. The fourth-order valence-corrected chi connectivity index (χ4v) is 3.00. The predicted molar refractivity (Wildman–Crippen MR) is 89.4 cm³/mol. The summed E-state index contributed by atoms with van der Waals surface area (Å²) in [4.78, 5) is 13.1. The number of benzene rings is 1. The van der Waals surface area contributed by atoms with Crippen molar-refractivity contribution in [2.24, 2.45) is 0 Å². The lowest BCUT2D eigenvalue weighted by molar-refractivity contribution is 0.0949. The number of amides is 1. The zero-order valence-electron chi connectivity index (χ0n) is 11.7. The Balaban J connectivity index is 1.56. The van der Waals surface area contributed by atoms with E-state index in [2.05, 4.69) is 15.5 Å². The standard InChI is InChI=1S/C16H14ClN3OS/c17-12-4-1-3-11(9-12)6-7-18-16(21)14-10-13(19-20-14)15-5-2-8-22-15/h1-5,8-10H,6-7H2,(H,18,21)(H,19,20). The van der Waals surface area contributed by atoms with Gasteiger partial charge in [0.05, 0.1) is 10.6 Å². The summed E-state index contributed by atoms with van der Waals surface area (Å²) < 4.78 is 0. The predicted octanol–water partition coefficient (Wildman–Crippen LogP) is 3.76. The first-order valence-electron chi connectivity index (χ1n) is 6.84. The fraction of sp³-hybridized carbons (Fsp3) is 0.125. The van der Waals surface area contributed by atoms with E-state index in [-0.39, 0.29) is 5.91 Å². The van der Waals surface area contributed by atoms with Gasteiger partial charge in [0, 0.05) is 11.6 Å². The number of aromatic nitrogens is 2. The Kier molecular flexibility index (Phi) is 4.56. The second-order valence-electron chi connectivity index (χ2n) is 4.78. The highest BCUT2D eigenvalue weighted by Crippen LogP contribution is 2.22. The molecule has 1 aromatic carbocycles. The molecule has 6 heteroatoms. The van der Waals surface area contributed by atoms with E-state index in [1.165, 1.54) is 0 Å². The Morgan fingerprint density at radius 2 is 2.18 bits per heavy atom. The van der Waals surface area contributed by atoms with E-state index in [1.807, 2.05) is 41.8 Å². The van der Waals surface area contributed by atoms with Crippen LogP contribution in [0.5, 0.6) is 0 Å². The van der Waals surface area contributed by atoms with Crippen LogP contribution >= 0.6 is 22.9 Å². The number of aromatic amines is 1. The maximum absolute atomic E-state index is 12.1. The third-order valence-electron chi connectivity index (χ3n) is 3.19. The molecular formula is C16H14ClN3OS. The molecule has 2 heterocycles. The number of carbonyl (C=O) groups is 1.